The van der Waals surface area contributed by atoms with Gasteiger partial charge in [-0.3, -0.25) is 0 Å². The summed E-state index contributed by atoms with van der Waals surface area (Å²) < 4.78 is 6.05. The molecule has 0 aliphatic rings. The van der Waals surface area contributed by atoms with Gasteiger partial charge >= 0.3 is 0 Å². The lowest BCUT2D eigenvalue weighted by molar-refractivity contribution is 0.474. The highest BCUT2D eigenvalue weighted by Crippen LogP contribution is 2.23. The Hall–Kier alpha value is -1.47. The van der Waals surface area contributed by atoms with Crippen molar-refractivity contribution in [1.29, 1.82) is 1.34 Å². The first-order chi connectivity index (χ1) is 8.17. The van der Waals surface area contributed by atoms with Gasteiger partial charge in [0.15, 0.2) is 0 Å². The van der Waals surface area contributed by atoms with Crippen LogP contribution in [0.5, 0.6) is 11.5 Å². The van der Waals surface area contributed by atoms with Crippen LogP contribution in [0.3, 0.4) is 0 Å². The van der Waals surface area contributed by atoms with E-state index in [4.69, 9.17) is 11.5 Å². The van der Waals surface area contributed by atoms with E-state index >= 15 is 0 Å². The SMILES string of the molecule is Oc1ccc(-c2ccc(O)cc2)cc1.[2H][B]P. The lowest BCUT2D eigenvalue weighted by Crippen LogP contribution is -1.75. The highest BCUT2D eigenvalue weighted by Gasteiger charge is 1.96. The van der Waals surface area contributed by atoms with Crippen LogP contribution in [-0.2, 0) is 0 Å². The lowest BCUT2D eigenvalue weighted by Gasteiger charge is -2.01. The van der Waals surface area contributed by atoms with Crippen LogP contribution < -0.4 is 0 Å². The monoisotopic (exact) mass is 232 g/mol. The number of hydrogen-bond donors (Lipinski definition) is 2. The predicted molar refractivity (Wildman–Crippen MR) is 72.1 cm³/mol. The number of hydrogen-bond acceptors (Lipinski definition) is 2. The van der Waals surface area contributed by atoms with Crippen LogP contribution in [0.4, 0.5) is 0 Å². The molecule has 0 spiro atoms. The summed E-state index contributed by atoms with van der Waals surface area (Å²) in [5.41, 5.74) is 2.03. The van der Waals surface area contributed by atoms with Crippen LogP contribution >= 0.6 is 9.12 Å². The van der Waals surface area contributed by atoms with Gasteiger partial charge in [-0.25, -0.2) is 0 Å². The zero-order chi connectivity index (χ0) is 12.7. The summed E-state index contributed by atoms with van der Waals surface area (Å²) in [5.74, 6) is 0.514. The lowest BCUT2D eigenvalue weighted by atomic mass is 10.1. The molecule has 0 heterocycles. The highest BCUT2D eigenvalue weighted by atomic mass is 31.0. The number of phenolic OH excluding ortho intramolecular Hbond substituents is 2. The molecule has 0 saturated heterocycles. The van der Waals surface area contributed by atoms with Crippen molar-refractivity contribution in [2.45, 2.75) is 0 Å². The molecule has 1 radical (unpaired) electrons. The Kier molecular flexibility index (Phi) is 4.27. The maximum Gasteiger partial charge on any atom is 0.116 e. The molecule has 1 atom stereocenters. The van der Waals surface area contributed by atoms with Crippen LogP contribution in [0.15, 0.2) is 48.5 Å². The van der Waals surface area contributed by atoms with E-state index in [0.29, 0.717) is 0 Å². The molecule has 0 aromatic heterocycles. The molecular formula is C12H13BO2P. The third-order valence-corrected chi connectivity index (χ3v) is 2.07. The second-order valence-corrected chi connectivity index (χ2v) is 3.09. The Bertz CT molecular complexity index is 402. The second-order valence-electron chi connectivity index (χ2n) is 3.09. The molecule has 2 aromatic rings. The molecule has 2 rings (SSSR count). The molecule has 2 nitrogen and oxygen atoms in total. The molecule has 0 aliphatic carbocycles. The summed E-state index contributed by atoms with van der Waals surface area (Å²) in [7, 11) is 3.29. The van der Waals surface area contributed by atoms with Crippen LogP contribution in [0.1, 0.15) is 0 Å². The fraction of sp³-hybridized carbons (Fsp3) is 0. The quantitative estimate of drug-likeness (QED) is 0.585. The first-order valence-corrected chi connectivity index (χ1v) is 5.34. The third kappa shape index (κ3) is 3.28. The summed E-state index contributed by atoms with van der Waals surface area (Å²) in [4.78, 5) is 0. The fourth-order valence-electron chi connectivity index (χ4n) is 1.31. The molecule has 0 saturated carbocycles. The molecule has 2 aromatic carbocycles. The number of phenols is 2. The van der Waals surface area contributed by atoms with E-state index in [1.807, 2.05) is 24.3 Å². The topological polar surface area (TPSA) is 40.5 Å². The Balaban J connectivity index is 0.000000437. The number of aromatic hydroxyl groups is 2. The zero-order valence-electron chi connectivity index (χ0n) is 9.67. The van der Waals surface area contributed by atoms with E-state index in [9.17, 15) is 0 Å². The summed E-state index contributed by atoms with van der Waals surface area (Å²) in [6.07, 6.45) is 0. The van der Waals surface area contributed by atoms with Crippen molar-refractivity contribution in [3.8, 4) is 22.6 Å². The van der Waals surface area contributed by atoms with Gasteiger partial charge in [-0.15, -0.1) is 0 Å². The zero-order valence-corrected chi connectivity index (χ0v) is 9.82. The standard InChI is InChI=1S/C12H10O2.BH3P/c13-11-5-1-9(2-6-11)10-3-7-12(14)8-4-10;1-2/h1-8,13-14H;1H,2H2/i;1D. The van der Waals surface area contributed by atoms with Crippen molar-refractivity contribution >= 4 is 16.6 Å². The Morgan fingerprint density at radius 1 is 0.812 bits per heavy atom. The van der Waals surface area contributed by atoms with Gasteiger partial charge in [-0.2, -0.15) is 9.12 Å². The van der Waals surface area contributed by atoms with Gasteiger partial charge < -0.3 is 10.2 Å². The average Bonchev–Trinajstić information content (AvgIpc) is 2.32. The summed E-state index contributed by atoms with van der Waals surface area (Å²) in [6, 6.07) is 13.9. The van der Waals surface area contributed by atoms with E-state index in [-0.39, 0.29) is 11.5 Å². The minimum Gasteiger partial charge on any atom is -0.508 e. The van der Waals surface area contributed by atoms with Crippen molar-refractivity contribution in [1.82, 2.24) is 0 Å². The fourth-order valence-corrected chi connectivity index (χ4v) is 1.31. The van der Waals surface area contributed by atoms with Crippen molar-refractivity contribution in [2.75, 3.05) is 0 Å². The molecule has 1 unspecified atom stereocenters. The van der Waals surface area contributed by atoms with Gasteiger partial charge in [0, 0.05) is 0 Å². The number of rotatable bonds is 1. The molecule has 0 bridgehead atoms. The second kappa shape index (κ2) is 6.19. The first-order valence-electron chi connectivity index (χ1n) is 5.25. The normalized spacial score (nSPS) is 9.69. The van der Waals surface area contributed by atoms with Crippen LogP contribution in [0.2, 0.25) is 0 Å². The minimum atomic E-state index is 0.257. The van der Waals surface area contributed by atoms with Crippen molar-refractivity contribution in [3.63, 3.8) is 0 Å². The Labute approximate surface area is 99.9 Å². The van der Waals surface area contributed by atoms with Gasteiger partial charge in [-0.05, 0) is 36.7 Å². The maximum atomic E-state index is 9.11. The van der Waals surface area contributed by atoms with Gasteiger partial charge in [0.2, 0.25) is 0 Å². The molecule has 2 N–H and O–H groups in total. The Morgan fingerprint density at radius 3 is 1.31 bits per heavy atom. The largest absolute Gasteiger partial charge is 0.508 e. The summed E-state index contributed by atoms with van der Waals surface area (Å²) >= 11 is 0. The van der Waals surface area contributed by atoms with Crippen molar-refractivity contribution in [2.24, 2.45) is 0 Å². The van der Waals surface area contributed by atoms with Crippen molar-refractivity contribution < 1.29 is 10.2 Å². The first kappa shape index (κ1) is 11.0. The molecular weight excluding hydrogens is 218 g/mol. The summed E-state index contributed by atoms with van der Waals surface area (Å²) in [6.45, 7) is 0. The van der Waals surface area contributed by atoms with E-state index in [1.165, 1.54) is 7.53 Å². The smallest absolute Gasteiger partial charge is 0.116 e. The minimum absolute atomic E-state index is 0.257. The van der Waals surface area contributed by atoms with Gasteiger partial charge in [0.25, 0.3) is 0 Å². The number of benzene rings is 2. The maximum absolute atomic E-state index is 9.11. The molecule has 81 valence electrons. The van der Waals surface area contributed by atoms with Crippen LogP contribution in [0, 0.1) is 0 Å². The third-order valence-electron chi connectivity index (χ3n) is 2.07. The van der Waals surface area contributed by atoms with Crippen LogP contribution in [0.25, 0.3) is 11.1 Å². The van der Waals surface area contributed by atoms with E-state index in [0.717, 1.165) is 11.1 Å². The van der Waals surface area contributed by atoms with E-state index in [1.54, 1.807) is 24.3 Å². The van der Waals surface area contributed by atoms with E-state index < -0.39 is 0 Å². The average molecular weight is 232 g/mol. The molecule has 4 heteroatoms. The van der Waals surface area contributed by atoms with Crippen LogP contribution in [-0.4, -0.2) is 19.1 Å². The molecule has 16 heavy (non-hydrogen) atoms. The predicted octanol–water partition coefficient (Wildman–Crippen LogP) is 2.44. The Morgan fingerprint density at radius 2 is 1.06 bits per heavy atom. The van der Waals surface area contributed by atoms with Gasteiger partial charge in [0.1, 0.15) is 19.0 Å². The molecule has 0 aliphatic heterocycles. The molecule has 0 fully saturated rings. The summed E-state index contributed by atoms with van der Waals surface area (Å²) in [5, 5.41) is 18.2. The van der Waals surface area contributed by atoms with Gasteiger partial charge in [-0.1, -0.05) is 24.3 Å². The highest BCUT2D eigenvalue weighted by molar-refractivity contribution is 7.49. The molecule has 0 amide bonds. The van der Waals surface area contributed by atoms with Crippen molar-refractivity contribution in [3.05, 3.63) is 48.5 Å². The van der Waals surface area contributed by atoms with Gasteiger partial charge in [0.05, 0.1) is 0 Å². The van der Waals surface area contributed by atoms with E-state index in [2.05, 4.69) is 9.12 Å².